The van der Waals surface area contributed by atoms with Crippen LogP contribution in [0.15, 0.2) is 54.6 Å². The van der Waals surface area contributed by atoms with Crippen LogP contribution in [0.25, 0.3) is 0 Å². The van der Waals surface area contributed by atoms with Crippen molar-refractivity contribution in [3.63, 3.8) is 0 Å². The molecule has 5 nitrogen and oxygen atoms in total. The third-order valence-corrected chi connectivity index (χ3v) is 4.50. The first-order valence-corrected chi connectivity index (χ1v) is 9.16. The molecule has 1 heterocycles. The van der Waals surface area contributed by atoms with Crippen LogP contribution in [0, 0.1) is 0 Å². The van der Waals surface area contributed by atoms with Crippen molar-refractivity contribution in [3.8, 4) is 5.75 Å². The number of hydrogen-bond acceptors (Lipinski definition) is 5. The standard InChI is InChI=1S/C20H23ClN2O3.ClH/c21-16-7-4-8-17(13-16)25-12-9-18-19(23-11-10-22-18)20(24)26-14-15-5-2-1-3-6-15;/h1-8,13,18-19,22-23H,9-12,14H2;1H/t18-,19?;/m1./s1. The Morgan fingerprint density at radius 2 is 1.85 bits per heavy atom. The summed E-state index contributed by atoms with van der Waals surface area (Å²) in [5.74, 6) is 0.485. The second-order valence-corrected chi connectivity index (χ2v) is 6.62. The summed E-state index contributed by atoms with van der Waals surface area (Å²) in [4.78, 5) is 12.5. The summed E-state index contributed by atoms with van der Waals surface area (Å²) in [6.07, 6.45) is 0.685. The Labute approximate surface area is 170 Å². The van der Waals surface area contributed by atoms with Gasteiger partial charge in [-0.25, -0.2) is 0 Å². The maximum Gasteiger partial charge on any atom is 0.325 e. The van der Waals surface area contributed by atoms with Crippen LogP contribution in [0.5, 0.6) is 5.75 Å². The zero-order chi connectivity index (χ0) is 18.2. The Bertz CT molecular complexity index is 715. The van der Waals surface area contributed by atoms with Gasteiger partial charge in [0.1, 0.15) is 18.4 Å². The van der Waals surface area contributed by atoms with Gasteiger partial charge in [-0.3, -0.25) is 4.79 Å². The van der Waals surface area contributed by atoms with Crippen molar-refractivity contribution in [2.45, 2.75) is 25.1 Å². The van der Waals surface area contributed by atoms with Crippen LogP contribution in [-0.2, 0) is 16.1 Å². The molecule has 146 valence electrons. The number of rotatable bonds is 7. The van der Waals surface area contributed by atoms with Crippen LogP contribution in [0.2, 0.25) is 5.02 Å². The highest BCUT2D eigenvalue weighted by Gasteiger charge is 2.31. The van der Waals surface area contributed by atoms with Gasteiger partial charge in [0.25, 0.3) is 0 Å². The van der Waals surface area contributed by atoms with Gasteiger partial charge in [0.05, 0.1) is 6.61 Å². The van der Waals surface area contributed by atoms with Crippen molar-refractivity contribution in [3.05, 3.63) is 65.2 Å². The van der Waals surface area contributed by atoms with Crippen molar-refractivity contribution >= 4 is 30.0 Å². The van der Waals surface area contributed by atoms with E-state index in [1.165, 1.54) is 0 Å². The number of hydrogen-bond donors (Lipinski definition) is 2. The van der Waals surface area contributed by atoms with Gasteiger partial charge in [-0.1, -0.05) is 48.0 Å². The zero-order valence-electron chi connectivity index (χ0n) is 14.9. The Kier molecular flexibility index (Phi) is 8.88. The summed E-state index contributed by atoms with van der Waals surface area (Å²) >= 11 is 5.96. The number of carbonyl (C=O) groups is 1. The molecule has 2 atom stereocenters. The molecule has 2 N–H and O–H groups in total. The average molecular weight is 411 g/mol. The first kappa shape index (κ1) is 21.5. The van der Waals surface area contributed by atoms with Crippen LogP contribution >= 0.6 is 24.0 Å². The van der Waals surface area contributed by atoms with Crippen molar-refractivity contribution in [2.24, 2.45) is 0 Å². The second-order valence-electron chi connectivity index (χ2n) is 6.18. The predicted molar refractivity (Wildman–Crippen MR) is 109 cm³/mol. The van der Waals surface area contributed by atoms with Crippen molar-refractivity contribution in [2.75, 3.05) is 19.7 Å². The van der Waals surface area contributed by atoms with Gasteiger partial charge in [0, 0.05) is 24.2 Å². The maximum atomic E-state index is 12.5. The molecule has 2 aromatic rings. The van der Waals surface area contributed by atoms with Gasteiger partial charge >= 0.3 is 5.97 Å². The summed E-state index contributed by atoms with van der Waals surface area (Å²) in [6.45, 7) is 2.31. The molecule has 1 unspecified atom stereocenters. The van der Waals surface area contributed by atoms with Crippen LogP contribution in [-0.4, -0.2) is 37.7 Å². The molecule has 0 bridgehead atoms. The first-order chi connectivity index (χ1) is 12.7. The quantitative estimate of drug-likeness (QED) is 0.686. The van der Waals surface area contributed by atoms with Gasteiger partial charge in [0.2, 0.25) is 0 Å². The van der Waals surface area contributed by atoms with E-state index in [0.717, 1.165) is 24.4 Å². The van der Waals surface area contributed by atoms with Crippen molar-refractivity contribution in [1.82, 2.24) is 10.6 Å². The van der Waals surface area contributed by atoms with E-state index in [1.807, 2.05) is 42.5 Å². The van der Waals surface area contributed by atoms with Crippen LogP contribution in [0.4, 0.5) is 0 Å². The highest BCUT2D eigenvalue weighted by Crippen LogP contribution is 2.18. The van der Waals surface area contributed by atoms with E-state index in [2.05, 4.69) is 10.6 Å². The molecule has 2 aromatic carbocycles. The number of benzene rings is 2. The monoisotopic (exact) mass is 410 g/mol. The Balaban J connectivity index is 0.00000261. The van der Waals surface area contributed by atoms with Crippen molar-refractivity contribution in [1.29, 1.82) is 0 Å². The molecule has 27 heavy (non-hydrogen) atoms. The van der Waals surface area contributed by atoms with Gasteiger partial charge < -0.3 is 20.1 Å². The van der Waals surface area contributed by atoms with E-state index in [1.54, 1.807) is 12.1 Å². The SMILES string of the molecule is Cl.O=C(OCc1ccccc1)C1NCCN[C@@H]1CCOc1cccc(Cl)c1. The summed E-state index contributed by atoms with van der Waals surface area (Å²) < 4.78 is 11.2. The summed E-state index contributed by atoms with van der Waals surface area (Å²) in [7, 11) is 0. The molecule has 0 aliphatic carbocycles. The summed E-state index contributed by atoms with van der Waals surface area (Å²) in [6, 6.07) is 16.6. The maximum absolute atomic E-state index is 12.5. The minimum atomic E-state index is -0.379. The Morgan fingerprint density at radius 3 is 2.63 bits per heavy atom. The fourth-order valence-electron chi connectivity index (χ4n) is 2.94. The van der Waals surface area contributed by atoms with Gasteiger partial charge in [-0.05, 0) is 30.2 Å². The first-order valence-electron chi connectivity index (χ1n) is 8.78. The highest BCUT2D eigenvalue weighted by atomic mass is 35.5. The van der Waals surface area contributed by atoms with E-state index in [-0.39, 0.29) is 37.1 Å². The average Bonchev–Trinajstić information content (AvgIpc) is 2.67. The van der Waals surface area contributed by atoms with Crippen LogP contribution in [0.1, 0.15) is 12.0 Å². The van der Waals surface area contributed by atoms with E-state index < -0.39 is 0 Å². The molecule has 0 spiro atoms. The molecule has 7 heteroatoms. The third kappa shape index (κ3) is 6.70. The lowest BCUT2D eigenvalue weighted by atomic mass is 10.0. The lowest BCUT2D eigenvalue weighted by Gasteiger charge is -2.32. The molecule has 1 aliphatic rings. The van der Waals surface area contributed by atoms with Crippen molar-refractivity contribution < 1.29 is 14.3 Å². The molecule has 3 rings (SSSR count). The third-order valence-electron chi connectivity index (χ3n) is 4.27. The molecule has 0 aromatic heterocycles. The van der Waals surface area contributed by atoms with E-state index in [9.17, 15) is 4.79 Å². The summed E-state index contributed by atoms with van der Waals surface area (Å²) in [5, 5.41) is 7.27. The van der Waals surface area contributed by atoms with E-state index in [4.69, 9.17) is 21.1 Å². The van der Waals surface area contributed by atoms with E-state index >= 15 is 0 Å². The molecule has 0 saturated carbocycles. The molecule has 1 fully saturated rings. The topological polar surface area (TPSA) is 59.6 Å². The Hall–Kier alpha value is -1.79. The fourth-order valence-corrected chi connectivity index (χ4v) is 3.12. The molecule has 1 saturated heterocycles. The molecule has 1 aliphatic heterocycles. The minimum Gasteiger partial charge on any atom is -0.493 e. The number of ether oxygens (including phenoxy) is 2. The number of nitrogens with one attached hydrogen (secondary N) is 2. The fraction of sp³-hybridized carbons (Fsp3) is 0.350. The van der Waals surface area contributed by atoms with Crippen LogP contribution in [0.3, 0.4) is 0 Å². The Morgan fingerprint density at radius 1 is 1.07 bits per heavy atom. The molecule has 0 amide bonds. The lowest BCUT2D eigenvalue weighted by Crippen LogP contribution is -2.60. The largest absolute Gasteiger partial charge is 0.493 e. The summed E-state index contributed by atoms with van der Waals surface area (Å²) in [5.41, 5.74) is 0.977. The lowest BCUT2D eigenvalue weighted by molar-refractivity contribution is -0.149. The molecular weight excluding hydrogens is 387 g/mol. The number of carbonyl (C=O) groups excluding carboxylic acids is 1. The van der Waals surface area contributed by atoms with Gasteiger partial charge in [-0.2, -0.15) is 0 Å². The normalized spacial score (nSPS) is 19.0. The molecular formula is C20H24Cl2N2O3. The number of halogens is 2. The smallest absolute Gasteiger partial charge is 0.325 e. The van der Waals surface area contributed by atoms with Crippen LogP contribution < -0.4 is 15.4 Å². The molecule has 0 radical (unpaired) electrons. The number of esters is 1. The minimum absolute atomic E-state index is 0. The second kappa shape index (κ2) is 11.1. The zero-order valence-corrected chi connectivity index (χ0v) is 16.5. The number of piperazine rings is 1. The predicted octanol–water partition coefficient (Wildman–Crippen LogP) is 3.20. The highest BCUT2D eigenvalue weighted by molar-refractivity contribution is 6.30. The van der Waals surface area contributed by atoms with Gasteiger partial charge in [0.15, 0.2) is 0 Å². The van der Waals surface area contributed by atoms with Gasteiger partial charge in [-0.15, -0.1) is 12.4 Å². The van der Waals surface area contributed by atoms with E-state index in [0.29, 0.717) is 18.1 Å².